The first kappa shape index (κ1) is 21.3. The van der Waals surface area contributed by atoms with E-state index in [0.29, 0.717) is 18.1 Å². The molecule has 0 atom stereocenters. The maximum absolute atomic E-state index is 5.53. The van der Waals surface area contributed by atoms with Gasteiger partial charge in [0, 0.05) is 55.5 Å². The Balaban J connectivity index is 1.31. The number of aromatic nitrogens is 4. The minimum Gasteiger partial charge on any atom is -0.380 e. The van der Waals surface area contributed by atoms with Crippen molar-refractivity contribution in [3.8, 4) is 0 Å². The number of nitrogens with zero attached hydrogens (tertiary/aromatic N) is 5. The van der Waals surface area contributed by atoms with Gasteiger partial charge in [0.1, 0.15) is 0 Å². The molecule has 1 saturated heterocycles. The van der Waals surface area contributed by atoms with Crippen molar-refractivity contribution in [3.05, 3.63) is 30.7 Å². The Labute approximate surface area is 189 Å². The highest BCUT2D eigenvalue weighted by molar-refractivity contribution is 5.94. The van der Waals surface area contributed by atoms with Gasteiger partial charge in [0.05, 0.1) is 42.5 Å². The van der Waals surface area contributed by atoms with Crippen LogP contribution in [0, 0.1) is 0 Å². The maximum Gasteiger partial charge on any atom is 0.0911 e. The van der Waals surface area contributed by atoms with E-state index in [1.807, 2.05) is 28.8 Å². The molecule has 8 heteroatoms. The molecule has 1 aromatic carbocycles. The number of nitrogens with one attached hydrogen (secondary N) is 2. The molecule has 1 aliphatic carbocycles. The fourth-order valence-electron chi connectivity index (χ4n) is 5.10. The minimum atomic E-state index is 0.344. The summed E-state index contributed by atoms with van der Waals surface area (Å²) in [5.74, 6) is 0. The number of rotatable bonds is 6. The van der Waals surface area contributed by atoms with Gasteiger partial charge in [-0.25, -0.2) is 0 Å². The van der Waals surface area contributed by atoms with Crippen molar-refractivity contribution in [1.29, 1.82) is 0 Å². The molecule has 0 bridgehead atoms. The van der Waals surface area contributed by atoms with Crippen LogP contribution in [0.1, 0.15) is 45.6 Å². The van der Waals surface area contributed by atoms with Gasteiger partial charge in [-0.15, -0.1) is 0 Å². The van der Waals surface area contributed by atoms with Gasteiger partial charge in [-0.2, -0.15) is 10.2 Å². The quantitative estimate of drug-likeness (QED) is 0.604. The van der Waals surface area contributed by atoms with Gasteiger partial charge < -0.3 is 15.4 Å². The van der Waals surface area contributed by atoms with Gasteiger partial charge in [-0.1, -0.05) is 0 Å². The molecule has 8 nitrogen and oxygen atoms in total. The van der Waals surface area contributed by atoms with Crippen LogP contribution in [0.4, 0.5) is 17.1 Å². The van der Waals surface area contributed by atoms with Crippen LogP contribution in [0.25, 0.3) is 10.9 Å². The number of aryl methyl sites for hydroxylation is 1. The average molecular weight is 438 g/mol. The van der Waals surface area contributed by atoms with Crippen molar-refractivity contribution in [2.45, 2.75) is 57.7 Å². The van der Waals surface area contributed by atoms with Gasteiger partial charge in [0.2, 0.25) is 0 Å². The van der Waals surface area contributed by atoms with E-state index in [-0.39, 0.29) is 0 Å². The predicted molar refractivity (Wildman–Crippen MR) is 129 cm³/mol. The lowest BCUT2D eigenvalue weighted by molar-refractivity contribution is 0.00791. The molecule has 5 rings (SSSR count). The van der Waals surface area contributed by atoms with E-state index in [1.165, 1.54) is 25.7 Å². The summed E-state index contributed by atoms with van der Waals surface area (Å²) in [6.07, 6.45) is 10.8. The summed E-state index contributed by atoms with van der Waals surface area (Å²) in [4.78, 5) is 2.63. The van der Waals surface area contributed by atoms with Crippen molar-refractivity contribution >= 4 is 28.0 Å². The fraction of sp³-hybridized carbons (Fsp3) is 0.583. The van der Waals surface area contributed by atoms with Crippen LogP contribution >= 0.6 is 0 Å². The van der Waals surface area contributed by atoms with E-state index in [4.69, 9.17) is 4.74 Å². The standard InChI is InChI=1S/C24H35N7O/c1-17(2)31-16-21(15-26-31)27-20-12-18-14-25-29(3)24(18)23(13-20)28-19-4-6-22(7-5-19)30-8-10-32-11-9-30/h12-17,19,22,27-28H,4-11H2,1-3H3. The molecular formula is C24H35N7O. The van der Waals surface area contributed by atoms with Crippen LogP contribution in [0.15, 0.2) is 30.7 Å². The van der Waals surface area contributed by atoms with Gasteiger partial charge in [0.15, 0.2) is 0 Å². The molecular weight excluding hydrogens is 402 g/mol. The highest BCUT2D eigenvalue weighted by atomic mass is 16.5. The second kappa shape index (κ2) is 9.11. The molecule has 2 aromatic heterocycles. The normalized spacial score (nSPS) is 22.5. The molecule has 172 valence electrons. The van der Waals surface area contributed by atoms with E-state index in [0.717, 1.165) is 54.3 Å². The molecule has 2 fully saturated rings. The van der Waals surface area contributed by atoms with E-state index >= 15 is 0 Å². The van der Waals surface area contributed by atoms with Crippen molar-refractivity contribution in [1.82, 2.24) is 24.5 Å². The summed E-state index contributed by atoms with van der Waals surface area (Å²) in [5, 5.41) is 17.5. The number of hydrogen-bond donors (Lipinski definition) is 2. The second-order valence-corrected chi connectivity index (χ2v) is 9.46. The monoisotopic (exact) mass is 437 g/mol. The van der Waals surface area contributed by atoms with Crippen LogP contribution in [0.2, 0.25) is 0 Å². The number of morpholine rings is 1. The molecule has 3 aromatic rings. The summed E-state index contributed by atoms with van der Waals surface area (Å²) < 4.78 is 9.47. The Hall–Kier alpha value is -2.58. The predicted octanol–water partition coefficient (Wildman–Crippen LogP) is 4.15. The highest BCUT2D eigenvalue weighted by Crippen LogP contribution is 2.33. The number of ether oxygens (including phenoxy) is 1. The third-order valence-corrected chi connectivity index (χ3v) is 6.87. The summed E-state index contributed by atoms with van der Waals surface area (Å²) in [6, 6.07) is 5.92. The van der Waals surface area contributed by atoms with Crippen LogP contribution in [-0.4, -0.2) is 62.8 Å². The largest absolute Gasteiger partial charge is 0.380 e. The summed E-state index contributed by atoms with van der Waals surface area (Å²) in [6.45, 7) is 8.20. The van der Waals surface area contributed by atoms with E-state index < -0.39 is 0 Å². The molecule has 1 saturated carbocycles. The molecule has 32 heavy (non-hydrogen) atoms. The Morgan fingerprint density at radius 3 is 2.50 bits per heavy atom. The SMILES string of the molecule is CC(C)n1cc(Nc2cc(NC3CCC(N4CCOCC4)CC3)c3c(cnn3C)c2)cn1. The Morgan fingerprint density at radius 1 is 1.00 bits per heavy atom. The Morgan fingerprint density at radius 2 is 1.78 bits per heavy atom. The van der Waals surface area contributed by atoms with Crippen molar-refractivity contribution in [2.75, 3.05) is 36.9 Å². The lowest BCUT2D eigenvalue weighted by Crippen LogP contribution is -2.46. The zero-order valence-corrected chi connectivity index (χ0v) is 19.4. The number of fused-ring (bicyclic) bond motifs is 1. The molecule has 2 aliphatic rings. The van der Waals surface area contributed by atoms with Gasteiger partial charge in [-0.3, -0.25) is 14.3 Å². The molecule has 0 spiro atoms. The van der Waals surface area contributed by atoms with Gasteiger partial charge in [0.25, 0.3) is 0 Å². The fourth-order valence-corrected chi connectivity index (χ4v) is 5.10. The lowest BCUT2D eigenvalue weighted by atomic mass is 9.89. The van der Waals surface area contributed by atoms with Crippen molar-refractivity contribution < 1.29 is 4.74 Å². The average Bonchev–Trinajstić information content (AvgIpc) is 3.42. The maximum atomic E-state index is 5.53. The number of benzene rings is 1. The van der Waals surface area contributed by atoms with Gasteiger partial charge in [-0.05, 0) is 51.7 Å². The smallest absolute Gasteiger partial charge is 0.0911 e. The zero-order chi connectivity index (χ0) is 22.1. The molecule has 0 radical (unpaired) electrons. The molecule has 1 aliphatic heterocycles. The van der Waals surface area contributed by atoms with Crippen molar-refractivity contribution in [3.63, 3.8) is 0 Å². The molecule has 0 unspecified atom stereocenters. The van der Waals surface area contributed by atoms with Crippen LogP contribution in [0.5, 0.6) is 0 Å². The Kier molecular flexibility index (Phi) is 6.06. The minimum absolute atomic E-state index is 0.344. The highest BCUT2D eigenvalue weighted by Gasteiger charge is 2.27. The summed E-state index contributed by atoms with van der Waals surface area (Å²) in [7, 11) is 2.02. The summed E-state index contributed by atoms with van der Waals surface area (Å²) >= 11 is 0. The summed E-state index contributed by atoms with van der Waals surface area (Å²) in [5.41, 5.74) is 4.36. The molecule has 0 amide bonds. The third kappa shape index (κ3) is 4.47. The van der Waals surface area contributed by atoms with E-state index in [2.05, 4.69) is 57.9 Å². The van der Waals surface area contributed by atoms with Crippen LogP contribution < -0.4 is 10.6 Å². The van der Waals surface area contributed by atoms with Crippen LogP contribution in [-0.2, 0) is 11.8 Å². The van der Waals surface area contributed by atoms with Crippen molar-refractivity contribution in [2.24, 2.45) is 7.05 Å². The first-order valence-electron chi connectivity index (χ1n) is 11.9. The number of anilines is 3. The number of hydrogen-bond acceptors (Lipinski definition) is 6. The second-order valence-electron chi connectivity index (χ2n) is 9.46. The topological polar surface area (TPSA) is 72.2 Å². The Bertz CT molecular complexity index is 1040. The molecule has 2 N–H and O–H groups in total. The zero-order valence-electron chi connectivity index (χ0n) is 19.4. The third-order valence-electron chi connectivity index (χ3n) is 6.87. The van der Waals surface area contributed by atoms with Crippen LogP contribution in [0.3, 0.4) is 0 Å². The first-order chi connectivity index (χ1) is 15.6. The lowest BCUT2D eigenvalue weighted by Gasteiger charge is -2.39. The van der Waals surface area contributed by atoms with E-state index in [1.54, 1.807) is 0 Å². The van der Waals surface area contributed by atoms with E-state index in [9.17, 15) is 0 Å². The molecule has 3 heterocycles. The van der Waals surface area contributed by atoms with Gasteiger partial charge >= 0.3 is 0 Å². The first-order valence-corrected chi connectivity index (χ1v) is 11.9.